The normalized spacial score (nSPS) is 12.2. The van der Waals surface area contributed by atoms with Gasteiger partial charge in [0.15, 0.2) is 0 Å². The van der Waals surface area contributed by atoms with Gasteiger partial charge in [-0.2, -0.15) is 0 Å². The molecule has 0 aliphatic rings. The molecule has 2 rings (SSSR count). The van der Waals surface area contributed by atoms with Gasteiger partial charge in [-0.05, 0) is 39.0 Å². The van der Waals surface area contributed by atoms with Crippen LogP contribution < -0.4 is 5.32 Å². The highest BCUT2D eigenvalue weighted by Crippen LogP contribution is 2.24. The molecule has 2 nitrogen and oxygen atoms in total. The summed E-state index contributed by atoms with van der Waals surface area (Å²) in [5.74, 6) is 0. The van der Waals surface area contributed by atoms with Crippen LogP contribution in [0.2, 0.25) is 5.02 Å². The highest BCUT2D eigenvalue weighted by atomic mass is 35.5. The minimum absolute atomic E-state index is 0.0994. The lowest BCUT2D eigenvalue weighted by Gasteiger charge is -2.19. The average Bonchev–Trinajstić information content (AvgIpc) is 2.56. The maximum atomic E-state index is 5.98. The summed E-state index contributed by atoms with van der Waals surface area (Å²) in [6, 6.07) is 5.69. The molecule has 2 aromatic rings. The van der Waals surface area contributed by atoms with E-state index in [2.05, 4.69) is 26.1 Å². The fourth-order valence-corrected chi connectivity index (χ4v) is 1.72. The monoisotopic (exact) mass is 237 g/mol. The Kier molecular flexibility index (Phi) is 2.96. The van der Waals surface area contributed by atoms with E-state index >= 15 is 0 Å². The third-order valence-corrected chi connectivity index (χ3v) is 2.66. The lowest BCUT2D eigenvalue weighted by atomic mass is 10.1. The van der Waals surface area contributed by atoms with Gasteiger partial charge in [-0.25, -0.2) is 0 Å². The van der Waals surface area contributed by atoms with Crippen LogP contribution in [0.25, 0.3) is 11.0 Å². The average molecular weight is 238 g/mol. The molecule has 0 radical (unpaired) electrons. The van der Waals surface area contributed by atoms with Crippen LogP contribution in [0.3, 0.4) is 0 Å². The lowest BCUT2D eigenvalue weighted by molar-refractivity contribution is 0.423. The van der Waals surface area contributed by atoms with Gasteiger partial charge < -0.3 is 9.73 Å². The number of fused-ring (bicyclic) bond motifs is 1. The molecule has 0 bridgehead atoms. The second-order valence-electron chi connectivity index (χ2n) is 5.00. The fraction of sp³-hybridized carbons (Fsp3) is 0.385. The zero-order valence-corrected chi connectivity index (χ0v) is 10.6. The standard InChI is InChI=1S/C13H16ClNO/c1-13(2,3)15-7-9-8-16-12-5-4-10(14)6-11(9)12/h4-6,8,15H,7H2,1-3H3. The van der Waals surface area contributed by atoms with Crippen LogP contribution in [-0.2, 0) is 6.54 Å². The van der Waals surface area contributed by atoms with Gasteiger partial charge in [-0.3, -0.25) is 0 Å². The van der Waals surface area contributed by atoms with Crippen molar-refractivity contribution in [1.29, 1.82) is 0 Å². The van der Waals surface area contributed by atoms with Gasteiger partial charge in [-0.15, -0.1) is 0 Å². The maximum Gasteiger partial charge on any atom is 0.134 e. The molecule has 1 N–H and O–H groups in total. The van der Waals surface area contributed by atoms with Gasteiger partial charge in [0.1, 0.15) is 5.58 Å². The molecule has 1 aromatic heterocycles. The van der Waals surface area contributed by atoms with E-state index in [1.54, 1.807) is 6.26 Å². The number of furan rings is 1. The van der Waals surface area contributed by atoms with Crippen molar-refractivity contribution < 1.29 is 4.42 Å². The van der Waals surface area contributed by atoms with Crippen molar-refractivity contribution in [2.75, 3.05) is 0 Å². The molecule has 3 heteroatoms. The number of halogens is 1. The van der Waals surface area contributed by atoms with E-state index in [0.717, 1.165) is 28.1 Å². The predicted octanol–water partition coefficient (Wildman–Crippen LogP) is 3.97. The first-order valence-corrected chi connectivity index (χ1v) is 5.74. The van der Waals surface area contributed by atoms with Gasteiger partial charge in [0.05, 0.1) is 6.26 Å². The molecule has 0 amide bonds. The molecule has 0 fully saturated rings. The van der Waals surface area contributed by atoms with Gasteiger partial charge >= 0.3 is 0 Å². The first-order chi connectivity index (χ1) is 7.46. The van der Waals surface area contributed by atoms with Crippen molar-refractivity contribution in [3.8, 4) is 0 Å². The fourth-order valence-electron chi connectivity index (χ4n) is 1.55. The molecular weight excluding hydrogens is 222 g/mol. The minimum atomic E-state index is 0.0994. The van der Waals surface area contributed by atoms with Crippen LogP contribution in [0.5, 0.6) is 0 Å². The zero-order valence-electron chi connectivity index (χ0n) is 9.80. The molecule has 0 saturated heterocycles. The Morgan fingerprint density at radius 2 is 2.06 bits per heavy atom. The second-order valence-corrected chi connectivity index (χ2v) is 5.44. The molecule has 0 spiro atoms. The van der Waals surface area contributed by atoms with E-state index in [4.69, 9.17) is 16.0 Å². The van der Waals surface area contributed by atoms with Gasteiger partial charge in [-0.1, -0.05) is 11.6 Å². The number of nitrogens with one attached hydrogen (secondary N) is 1. The molecule has 1 heterocycles. The van der Waals surface area contributed by atoms with Crippen LogP contribution in [-0.4, -0.2) is 5.54 Å². The van der Waals surface area contributed by atoms with Crippen molar-refractivity contribution in [2.24, 2.45) is 0 Å². The van der Waals surface area contributed by atoms with Crippen molar-refractivity contribution >= 4 is 22.6 Å². The van der Waals surface area contributed by atoms with Crippen molar-refractivity contribution in [3.63, 3.8) is 0 Å². The second kappa shape index (κ2) is 4.11. The molecule has 0 aliphatic carbocycles. The Bertz CT molecular complexity index is 496. The molecule has 0 atom stereocenters. The van der Waals surface area contributed by atoms with Crippen molar-refractivity contribution in [3.05, 3.63) is 35.0 Å². The summed E-state index contributed by atoms with van der Waals surface area (Å²) in [5.41, 5.74) is 2.13. The summed E-state index contributed by atoms with van der Waals surface area (Å²) < 4.78 is 5.47. The topological polar surface area (TPSA) is 25.2 Å². The van der Waals surface area contributed by atoms with Crippen LogP contribution in [0.1, 0.15) is 26.3 Å². The number of hydrogen-bond donors (Lipinski definition) is 1. The summed E-state index contributed by atoms with van der Waals surface area (Å²) in [5, 5.41) is 5.26. The van der Waals surface area contributed by atoms with Crippen LogP contribution >= 0.6 is 11.6 Å². The molecular formula is C13H16ClNO. The van der Waals surface area contributed by atoms with Gasteiger partial charge in [0.2, 0.25) is 0 Å². The number of benzene rings is 1. The van der Waals surface area contributed by atoms with E-state index in [0.29, 0.717) is 0 Å². The molecule has 0 saturated carbocycles. The summed E-state index contributed by atoms with van der Waals surface area (Å²) in [4.78, 5) is 0. The quantitative estimate of drug-likeness (QED) is 0.855. The molecule has 0 aliphatic heterocycles. The lowest BCUT2D eigenvalue weighted by Crippen LogP contribution is -2.34. The number of rotatable bonds is 2. The Labute approximate surface area is 101 Å². The van der Waals surface area contributed by atoms with Crippen molar-refractivity contribution in [2.45, 2.75) is 32.9 Å². The minimum Gasteiger partial charge on any atom is -0.464 e. The van der Waals surface area contributed by atoms with E-state index < -0.39 is 0 Å². The SMILES string of the molecule is CC(C)(C)NCc1coc2ccc(Cl)cc12. The Balaban J connectivity index is 2.28. The smallest absolute Gasteiger partial charge is 0.134 e. The first-order valence-electron chi connectivity index (χ1n) is 5.36. The highest BCUT2D eigenvalue weighted by Gasteiger charge is 2.11. The molecule has 16 heavy (non-hydrogen) atoms. The van der Waals surface area contributed by atoms with Gasteiger partial charge in [0, 0.05) is 28.1 Å². The zero-order chi connectivity index (χ0) is 11.8. The third kappa shape index (κ3) is 2.57. The van der Waals surface area contributed by atoms with E-state index in [9.17, 15) is 0 Å². The van der Waals surface area contributed by atoms with Crippen LogP contribution in [0.4, 0.5) is 0 Å². The first kappa shape index (κ1) is 11.5. The maximum absolute atomic E-state index is 5.98. The Morgan fingerprint density at radius 1 is 1.31 bits per heavy atom. The number of hydrogen-bond acceptors (Lipinski definition) is 2. The molecule has 1 aromatic carbocycles. The molecule has 86 valence electrons. The van der Waals surface area contributed by atoms with E-state index in [1.807, 2.05) is 18.2 Å². The van der Waals surface area contributed by atoms with Crippen molar-refractivity contribution in [1.82, 2.24) is 5.32 Å². The third-order valence-electron chi connectivity index (χ3n) is 2.42. The highest BCUT2D eigenvalue weighted by molar-refractivity contribution is 6.31. The summed E-state index contributed by atoms with van der Waals surface area (Å²) in [6.07, 6.45) is 1.79. The van der Waals surface area contributed by atoms with Crippen LogP contribution in [0.15, 0.2) is 28.9 Å². The van der Waals surface area contributed by atoms with Gasteiger partial charge in [0.25, 0.3) is 0 Å². The van der Waals surface area contributed by atoms with E-state index in [1.165, 1.54) is 0 Å². The molecule has 0 unspecified atom stereocenters. The van der Waals surface area contributed by atoms with E-state index in [-0.39, 0.29) is 5.54 Å². The Morgan fingerprint density at radius 3 is 2.75 bits per heavy atom. The summed E-state index contributed by atoms with van der Waals surface area (Å²) in [6.45, 7) is 7.21. The largest absolute Gasteiger partial charge is 0.464 e. The van der Waals surface area contributed by atoms with Crippen LogP contribution in [0, 0.1) is 0 Å². The summed E-state index contributed by atoms with van der Waals surface area (Å²) in [7, 11) is 0. The Hall–Kier alpha value is -0.990. The summed E-state index contributed by atoms with van der Waals surface area (Å²) >= 11 is 5.98. The predicted molar refractivity (Wildman–Crippen MR) is 67.8 cm³/mol.